The Labute approximate surface area is 69.0 Å². The van der Waals surface area contributed by atoms with Crippen LogP contribution < -0.4 is 0 Å². The lowest BCUT2D eigenvalue weighted by atomic mass is 10.4. The van der Waals surface area contributed by atoms with Crippen LogP contribution in [0.15, 0.2) is 0 Å². The molecular weight excluding hydrogens is 215 g/mol. The van der Waals surface area contributed by atoms with Crippen molar-refractivity contribution >= 4 is 40.0 Å². The van der Waals surface area contributed by atoms with Gasteiger partial charge in [-0.05, 0) is 11.6 Å². The highest BCUT2D eigenvalue weighted by Crippen LogP contribution is 2.41. The summed E-state index contributed by atoms with van der Waals surface area (Å²) in [7, 11) is 0. The van der Waals surface area contributed by atoms with Crippen molar-refractivity contribution in [2.24, 2.45) is 0 Å². The molecule has 0 saturated carbocycles. The van der Waals surface area contributed by atoms with Gasteiger partial charge in [-0.15, -0.1) is 0 Å². The van der Waals surface area contributed by atoms with E-state index in [1.807, 2.05) is 0 Å². The summed E-state index contributed by atoms with van der Waals surface area (Å²) in [6.07, 6.45) is -5.03. The lowest BCUT2D eigenvalue weighted by Crippen LogP contribution is -2.39. The minimum absolute atomic E-state index is 1.86. The Kier molecular flexibility index (Phi) is 2.85. The van der Waals surface area contributed by atoms with Crippen LogP contribution in [0.4, 0.5) is 13.2 Å². The van der Waals surface area contributed by atoms with E-state index in [9.17, 15) is 18.0 Å². The highest BCUT2D eigenvalue weighted by Gasteiger charge is 2.57. The van der Waals surface area contributed by atoms with E-state index in [0.29, 0.717) is 0 Å². The molecule has 0 rings (SSSR count). The van der Waals surface area contributed by atoms with Crippen molar-refractivity contribution in [2.45, 2.75) is 10.5 Å². The van der Waals surface area contributed by atoms with Gasteiger partial charge in [-0.2, -0.15) is 13.2 Å². The van der Waals surface area contributed by atoms with Gasteiger partial charge in [-0.25, -0.2) is 0 Å². The molecule has 0 fully saturated rings. The van der Waals surface area contributed by atoms with Gasteiger partial charge in [0.05, 0.1) is 0 Å². The Morgan fingerprint density at radius 2 is 1.50 bits per heavy atom. The van der Waals surface area contributed by atoms with Crippen molar-refractivity contribution in [3.8, 4) is 0 Å². The van der Waals surface area contributed by atoms with Gasteiger partial charge in [0.1, 0.15) is 0 Å². The van der Waals surface area contributed by atoms with E-state index in [2.05, 4.69) is 34.8 Å². The summed E-state index contributed by atoms with van der Waals surface area (Å²) in [5.41, 5.74) is 0. The van der Waals surface area contributed by atoms with Crippen LogP contribution in [0, 0.1) is 0 Å². The molecular formula is C3Cl3F3O. The zero-order valence-electron chi connectivity index (χ0n) is 4.18. The fourth-order valence-electron chi connectivity index (χ4n) is 0.111. The van der Waals surface area contributed by atoms with Crippen molar-refractivity contribution in [3.05, 3.63) is 0 Å². The third-order valence-corrected chi connectivity index (χ3v) is 1.85. The van der Waals surface area contributed by atoms with Gasteiger partial charge in [-0.1, -0.05) is 23.2 Å². The number of hydrogen-bond donors (Lipinski definition) is 0. The molecule has 0 unspecified atom stereocenters. The van der Waals surface area contributed by atoms with E-state index in [0.717, 1.165) is 0 Å². The molecule has 0 radical (unpaired) electrons. The highest BCUT2D eigenvalue weighted by atomic mass is 35.5. The largest absolute Gasteiger partial charge is 0.430 e. The number of alkyl halides is 5. The van der Waals surface area contributed by atoms with Crippen LogP contribution in [0.5, 0.6) is 0 Å². The van der Waals surface area contributed by atoms with Crippen molar-refractivity contribution < 1.29 is 18.0 Å². The number of rotatable bonds is 1. The molecule has 0 heterocycles. The maximum Gasteiger partial charge on any atom is 0.430 e. The second-order valence-corrected chi connectivity index (χ2v) is 3.02. The molecule has 0 amide bonds. The first-order valence-corrected chi connectivity index (χ1v) is 2.97. The molecule has 0 aliphatic carbocycles. The van der Waals surface area contributed by atoms with Gasteiger partial charge in [0.2, 0.25) is 0 Å². The van der Waals surface area contributed by atoms with Gasteiger partial charge in [0, 0.05) is 0 Å². The minimum atomic E-state index is -5.03. The summed E-state index contributed by atoms with van der Waals surface area (Å²) < 4.78 is 31.1. The van der Waals surface area contributed by atoms with Crippen LogP contribution in [0.25, 0.3) is 0 Å². The molecule has 0 saturated heterocycles. The molecule has 0 spiro atoms. The van der Waals surface area contributed by atoms with Gasteiger partial charge < -0.3 is 0 Å². The van der Waals surface area contributed by atoms with E-state index in [1.54, 1.807) is 0 Å². The van der Waals surface area contributed by atoms with E-state index >= 15 is 0 Å². The topological polar surface area (TPSA) is 17.1 Å². The number of carbonyl (C=O) groups is 1. The standard InChI is InChI=1S/C3Cl3F3O/c4-1(10)2(5,6)3(7,8)9. The fraction of sp³-hybridized carbons (Fsp3) is 0.667. The van der Waals surface area contributed by atoms with E-state index in [1.165, 1.54) is 0 Å². The lowest BCUT2D eigenvalue weighted by molar-refractivity contribution is -0.151. The van der Waals surface area contributed by atoms with E-state index in [4.69, 9.17) is 0 Å². The van der Waals surface area contributed by atoms with Crippen LogP contribution >= 0.6 is 34.8 Å². The third-order valence-electron chi connectivity index (χ3n) is 0.603. The monoisotopic (exact) mass is 214 g/mol. The second-order valence-electron chi connectivity index (χ2n) is 1.35. The zero-order valence-corrected chi connectivity index (χ0v) is 6.44. The Hall–Kier alpha value is 0.330. The molecule has 10 heavy (non-hydrogen) atoms. The van der Waals surface area contributed by atoms with Crippen LogP contribution in [0.1, 0.15) is 0 Å². The SMILES string of the molecule is O=C(Cl)C(Cl)(Cl)C(F)(F)F. The van der Waals surface area contributed by atoms with Crippen LogP contribution in [0.2, 0.25) is 0 Å². The number of carbonyl (C=O) groups excluding carboxylic acids is 1. The summed E-state index contributed by atoms with van der Waals surface area (Å²) in [4.78, 5) is 9.89. The minimum Gasteiger partial charge on any atom is -0.277 e. The quantitative estimate of drug-likeness (QED) is 0.485. The average Bonchev–Trinajstić information content (AvgIpc) is 1.62. The first-order chi connectivity index (χ1) is 4.19. The summed E-state index contributed by atoms with van der Waals surface area (Å²) >= 11 is 13.4. The first-order valence-electron chi connectivity index (χ1n) is 1.84. The van der Waals surface area contributed by atoms with Gasteiger partial charge in [0.15, 0.2) is 0 Å². The lowest BCUT2D eigenvalue weighted by Gasteiger charge is -2.17. The van der Waals surface area contributed by atoms with Crippen LogP contribution in [-0.4, -0.2) is 15.8 Å². The van der Waals surface area contributed by atoms with Gasteiger partial charge >= 0.3 is 6.18 Å². The summed E-state index contributed by atoms with van der Waals surface area (Å²) in [5, 5.41) is -1.86. The molecule has 0 bridgehead atoms. The first kappa shape index (κ1) is 10.3. The van der Waals surface area contributed by atoms with Crippen molar-refractivity contribution in [1.82, 2.24) is 0 Å². The Morgan fingerprint density at radius 1 is 1.20 bits per heavy atom. The molecule has 0 N–H and O–H groups in total. The van der Waals surface area contributed by atoms with Crippen LogP contribution in [-0.2, 0) is 4.79 Å². The zero-order chi connectivity index (χ0) is 8.58. The Bertz CT molecular complexity index is 152. The predicted molar refractivity (Wildman–Crippen MR) is 31.4 cm³/mol. The summed E-state index contributed by atoms with van der Waals surface area (Å²) in [6, 6.07) is 0. The molecule has 60 valence electrons. The Morgan fingerprint density at radius 3 is 1.50 bits per heavy atom. The van der Waals surface area contributed by atoms with Gasteiger partial charge in [0.25, 0.3) is 9.58 Å². The molecule has 1 nitrogen and oxygen atoms in total. The predicted octanol–water partition coefficient (Wildman–Crippen LogP) is 2.49. The molecule has 0 aromatic rings. The normalized spacial score (nSPS) is 13.4. The maximum absolute atomic E-state index is 11.5. The highest BCUT2D eigenvalue weighted by molar-refractivity contribution is 6.78. The maximum atomic E-state index is 11.5. The second kappa shape index (κ2) is 2.75. The van der Waals surface area contributed by atoms with E-state index in [-0.39, 0.29) is 0 Å². The fourth-order valence-corrected chi connectivity index (χ4v) is 0.219. The number of hydrogen-bond acceptors (Lipinski definition) is 1. The van der Waals surface area contributed by atoms with Crippen molar-refractivity contribution in [3.63, 3.8) is 0 Å². The van der Waals surface area contributed by atoms with E-state index < -0.39 is 15.8 Å². The summed E-state index contributed by atoms with van der Waals surface area (Å²) in [5.74, 6) is 0. The summed E-state index contributed by atoms with van der Waals surface area (Å²) in [6.45, 7) is 0. The molecule has 0 aliphatic heterocycles. The number of halogens is 6. The van der Waals surface area contributed by atoms with Crippen LogP contribution in [0.3, 0.4) is 0 Å². The molecule has 0 aromatic carbocycles. The smallest absolute Gasteiger partial charge is 0.277 e. The van der Waals surface area contributed by atoms with Crippen molar-refractivity contribution in [1.29, 1.82) is 0 Å². The molecule has 0 atom stereocenters. The van der Waals surface area contributed by atoms with Gasteiger partial charge in [-0.3, -0.25) is 4.79 Å². The average molecular weight is 215 g/mol. The molecule has 0 aliphatic rings. The Balaban J connectivity index is 4.57. The molecule has 7 heteroatoms. The third kappa shape index (κ3) is 1.90. The van der Waals surface area contributed by atoms with Crippen molar-refractivity contribution in [2.75, 3.05) is 0 Å². The molecule has 0 aromatic heterocycles.